The molecule has 0 saturated heterocycles. The molecule has 2 N–H and O–H groups in total. The van der Waals surface area contributed by atoms with Crippen molar-refractivity contribution in [2.24, 2.45) is 11.7 Å². The van der Waals surface area contributed by atoms with Crippen LogP contribution in [0.25, 0.3) is 0 Å². The van der Waals surface area contributed by atoms with Gasteiger partial charge in [-0.1, -0.05) is 19.4 Å². The lowest BCUT2D eigenvalue weighted by Crippen LogP contribution is -2.24. The number of carbonyl (C=O) groups excluding carboxylic acids is 1. The Bertz CT molecular complexity index is 379. The lowest BCUT2D eigenvalue weighted by atomic mass is 9.93. The first kappa shape index (κ1) is 12.8. The van der Waals surface area contributed by atoms with E-state index in [1.807, 2.05) is 6.92 Å². The van der Waals surface area contributed by atoms with Gasteiger partial charge in [-0.3, -0.25) is 4.79 Å². The summed E-state index contributed by atoms with van der Waals surface area (Å²) in [5.41, 5.74) is 5.24. The van der Waals surface area contributed by atoms with Crippen molar-refractivity contribution >= 4 is 5.78 Å². The summed E-state index contributed by atoms with van der Waals surface area (Å²) in [6.07, 6.45) is 1.37. The van der Waals surface area contributed by atoms with E-state index in [0.717, 1.165) is 12.5 Å². The summed E-state index contributed by atoms with van der Waals surface area (Å²) in [4.78, 5) is 11.9. The van der Waals surface area contributed by atoms with Crippen molar-refractivity contribution in [1.29, 1.82) is 0 Å². The number of ketones is 1. The number of hydrogen-bond donors (Lipinski definition) is 1. The van der Waals surface area contributed by atoms with Crippen LogP contribution in [0.2, 0.25) is 0 Å². The Morgan fingerprint density at radius 2 is 2.12 bits per heavy atom. The molecule has 0 saturated carbocycles. The maximum atomic E-state index is 13.4. The van der Waals surface area contributed by atoms with Gasteiger partial charge in [-0.25, -0.2) is 8.78 Å². The zero-order valence-electron chi connectivity index (χ0n) is 9.17. The second-order valence-electron chi connectivity index (χ2n) is 3.69. The fourth-order valence-electron chi connectivity index (χ4n) is 1.62. The Morgan fingerprint density at radius 1 is 1.44 bits per heavy atom. The summed E-state index contributed by atoms with van der Waals surface area (Å²) in [7, 11) is 0. The molecule has 1 aromatic rings. The Labute approximate surface area is 93.5 Å². The SMILES string of the molecule is CCCC(CN)C(=O)c1cccc(F)c1F. The number of carbonyl (C=O) groups is 1. The Kier molecular flexibility index (Phi) is 4.55. The normalized spacial score (nSPS) is 12.5. The highest BCUT2D eigenvalue weighted by atomic mass is 19.2. The molecule has 88 valence electrons. The molecule has 1 unspecified atom stereocenters. The van der Waals surface area contributed by atoms with Crippen molar-refractivity contribution in [3.63, 3.8) is 0 Å². The lowest BCUT2D eigenvalue weighted by molar-refractivity contribution is 0.0912. The minimum Gasteiger partial charge on any atom is -0.330 e. The molecule has 2 nitrogen and oxygen atoms in total. The summed E-state index contributed by atoms with van der Waals surface area (Å²) in [5.74, 6) is -2.93. The topological polar surface area (TPSA) is 43.1 Å². The van der Waals surface area contributed by atoms with Crippen LogP contribution in [0.15, 0.2) is 18.2 Å². The van der Waals surface area contributed by atoms with E-state index in [4.69, 9.17) is 5.73 Å². The van der Waals surface area contributed by atoms with Crippen molar-refractivity contribution in [2.75, 3.05) is 6.54 Å². The largest absolute Gasteiger partial charge is 0.330 e. The number of nitrogens with two attached hydrogens (primary N) is 1. The van der Waals surface area contributed by atoms with Crippen molar-refractivity contribution in [3.8, 4) is 0 Å². The summed E-state index contributed by atoms with van der Waals surface area (Å²) in [6, 6.07) is 3.60. The van der Waals surface area contributed by atoms with Gasteiger partial charge in [0.25, 0.3) is 0 Å². The van der Waals surface area contributed by atoms with Crippen LogP contribution in [0.5, 0.6) is 0 Å². The van der Waals surface area contributed by atoms with Gasteiger partial charge in [-0.05, 0) is 18.6 Å². The molecular weight excluding hydrogens is 212 g/mol. The molecule has 4 heteroatoms. The second kappa shape index (κ2) is 5.70. The van der Waals surface area contributed by atoms with Crippen molar-refractivity contribution in [2.45, 2.75) is 19.8 Å². The molecule has 0 amide bonds. The summed E-state index contributed by atoms with van der Waals surface area (Å²) >= 11 is 0. The second-order valence-corrected chi connectivity index (χ2v) is 3.69. The minimum atomic E-state index is -1.08. The van der Waals surface area contributed by atoms with Gasteiger partial charge < -0.3 is 5.73 Å². The average molecular weight is 227 g/mol. The van der Waals surface area contributed by atoms with Gasteiger partial charge in [-0.15, -0.1) is 0 Å². The first-order valence-electron chi connectivity index (χ1n) is 5.30. The first-order chi connectivity index (χ1) is 7.61. The van der Waals surface area contributed by atoms with Crippen LogP contribution in [-0.2, 0) is 0 Å². The summed E-state index contributed by atoms with van der Waals surface area (Å²) in [6.45, 7) is 2.07. The van der Waals surface area contributed by atoms with E-state index in [1.54, 1.807) is 0 Å². The molecule has 0 aliphatic heterocycles. The molecule has 16 heavy (non-hydrogen) atoms. The molecule has 0 heterocycles. The number of benzene rings is 1. The molecule has 0 radical (unpaired) electrons. The smallest absolute Gasteiger partial charge is 0.170 e. The van der Waals surface area contributed by atoms with E-state index in [1.165, 1.54) is 12.1 Å². The first-order valence-corrected chi connectivity index (χ1v) is 5.30. The Morgan fingerprint density at radius 3 is 2.69 bits per heavy atom. The fraction of sp³-hybridized carbons (Fsp3) is 0.417. The van der Waals surface area contributed by atoms with Gasteiger partial charge in [0.05, 0.1) is 5.56 Å². The third-order valence-corrected chi connectivity index (χ3v) is 2.51. The van der Waals surface area contributed by atoms with Gasteiger partial charge in [0.2, 0.25) is 0 Å². The van der Waals surface area contributed by atoms with Crippen LogP contribution in [-0.4, -0.2) is 12.3 Å². The quantitative estimate of drug-likeness (QED) is 0.785. The highest BCUT2D eigenvalue weighted by molar-refractivity contribution is 5.98. The van der Waals surface area contributed by atoms with E-state index in [9.17, 15) is 13.6 Å². The average Bonchev–Trinajstić information content (AvgIpc) is 2.29. The van der Waals surface area contributed by atoms with Crippen LogP contribution >= 0.6 is 0 Å². The molecule has 1 aromatic carbocycles. The monoisotopic (exact) mass is 227 g/mol. The Hall–Kier alpha value is -1.29. The summed E-state index contributed by atoms with van der Waals surface area (Å²) < 4.78 is 26.3. The van der Waals surface area contributed by atoms with Gasteiger partial charge in [0, 0.05) is 12.5 Å². The van der Waals surface area contributed by atoms with Gasteiger partial charge in [0.15, 0.2) is 17.4 Å². The molecule has 0 aliphatic rings. The molecule has 0 fully saturated rings. The number of hydrogen-bond acceptors (Lipinski definition) is 2. The summed E-state index contributed by atoms with van der Waals surface area (Å²) in [5, 5.41) is 0. The zero-order chi connectivity index (χ0) is 12.1. The zero-order valence-corrected chi connectivity index (χ0v) is 9.17. The highest BCUT2D eigenvalue weighted by Crippen LogP contribution is 2.18. The maximum Gasteiger partial charge on any atom is 0.170 e. The third-order valence-electron chi connectivity index (χ3n) is 2.51. The van der Waals surface area contributed by atoms with Crippen LogP contribution in [0.4, 0.5) is 8.78 Å². The molecule has 1 rings (SSSR count). The highest BCUT2D eigenvalue weighted by Gasteiger charge is 2.22. The minimum absolute atomic E-state index is 0.155. The van der Waals surface area contributed by atoms with Gasteiger partial charge in [0.1, 0.15) is 0 Å². The lowest BCUT2D eigenvalue weighted by Gasteiger charge is -2.12. The van der Waals surface area contributed by atoms with Crippen LogP contribution in [0, 0.1) is 17.6 Å². The van der Waals surface area contributed by atoms with Crippen molar-refractivity contribution in [3.05, 3.63) is 35.4 Å². The third kappa shape index (κ3) is 2.64. The molecule has 0 aliphatic carbocycles. The fourth-order valence-corrected chi connectivity index (χ4v) is 1.62. The van der Waals surface area contributed by atoms with Crippen molar-refractivity contribution in [1.82, 2.24) is 0 Å². The molecular formula is C12H15F2NO. The number of rotatable bonds is 5. The van der Waals surface area contributed by atoms with E-state index >= 15 is 0 Å². The Balaban J connectivity index is 2.99. The van der Waals surface area contributed by atoms with E-state index in [2.05, 4.69) is 0 Å². The molecule has 0 bridgehead atoms. The maximum absolute atomic E-state index is 13.4. The molecule has 0 spiro atoms. The number of halogens is 2. The standard InChI is InChI=1S/C12H15F2NO/c1-2-4-8(7-15)12(16)9-5-3-6-10(13)11(9)14/h3,5-6,8H,2,4,7,15H2,1H3. The van der Waals surface area contributed by atoms with Crippen LogP contribution in [0.3, 0.4) is 0 Å². The van der Waals surface area contributed by atoms with Crippen LogP contribution < -0.4 is 5.73 Å². The van der Waals surface area contributed by atoms with Crippen molar-refractivity contribution < 1.29 is 13.6 Å². The number of Topliss-reactive ketones (excluding diaryl/α,β-unsaturated/α-hetero) is 1. The predicted molar refractivity (Wildman–Crippen MR) is 58.1 cm³/mol. The van der Waals surface area contributed by atoms with E-state index in [0.29, 0.717) is 6.42 Å². The molecule has 0 aromatic heterocycles. The van der Waals surface area contributed by atoms with E-state index < -0.39 is 23.3 Å². The van der Waals surface area contributed by atoms with Crippen LogP contribution in [0.1, 0.15) is 30.1 Å². The predicted octanol–water partition coefficient (Wildman–Crippen LogP) is 2.52. The molecule has 1 atom stereocenters. The van der Waals surface area contributed by atoms with Gasteiger partial charge in [-0.2, -0.15) is 0 Å². The van der Waals surface area contributed by atoms with E-state index in [-0.39, 0.29) is 12.1 Å². The van der Waals surface area contributed by atoms with Gasteiger partial charge >= 0.3 is 0 Å².